The fourth-order valence-electron chi connectivity index (χ4n) is 1.37. The van der Waals surface area contributed by atoms with Crippen molar-refractivity contribution >= 4 is 16.3 Å². The Morgan fingerprint density at radius 2 is 2.46 bits per heavy atom. The van der Waals surface area contributed by atoms with Gasteiger partial charge < -0.3 is 5.32 Å². The molecule has 0 aromatic carbocycles. The van der Waals surface area contributed by atoms with Gasteiger partial charge in [0.1, 0.15) is 0 Å². The van der Waals surface area contributed by atoms with E-state index in [-0.39, 0.29) is 0 Å². The highest BCUT2D eigenvalue weighted by atomic mass is 32.1. The topological polar surface area (TPSA) is 29.3 Å². The SMILES string of the molecule is CNCCc1csc2nc(C)cn12. The standard InChI is InChI=1S/C9H13N3S/c1-7-5-12-8(3-4-10-2)6-13-9(12)11-7/h5-6,10H,3-4H2,1-2H3. The molecule has 0 aliphatic carbocycles. The third-order valence-electron chi connectivity index (χ3n) is 2.03. The monoisotopic (exact) mass is 195 g/mol. The molecule has 0 bridgehead atoms. The van der Waals surface area contributed by atoms with Crippen LogP contribution in [0.15, 0.2) is 11.6 Å². The third kappa shape index (κ3) is 1.59. The van der Waals surface area contributed by atoms with Gasteiger partial charge >= 0.3 is 0 Å². The predicted octanol–water partition coefficient (Wildman–Crippen LogP) is 1.47. The second-order valence-corrected chi connectivity index (χ2v) is 3.95. The highest BCUT2D eigenvalue weighted by Gasteiger charge is 2.04. The Morgan fingerprint density at radius 1 is 1.62 bits per heavy atom. The van der Waals surface area contributed by atoms with Crippen molar-refractivity contribution in [3.8, 4) is 0 Å². The fraction of sp³-hybridized carbons (Fsp3) is 0.444. The number of imidazole rings is 1. The normalized spacial score (nSPS) is 11.2. The average molecular weight is 195 g/mol. The van der Waals surface area contributed by atoms with Crippen molar-refractivity contribution < 1.29 is 0 Å². The molecule has 4 heteroatoms. The van der Waals surface area contributed by atoms with Crippen LogP contribution < -0.4 is 5.32 Å². The quantitative estimate of drug-likeness (QED) is 0.803. The van der Waals surface area contributed by atoms with E-state index in [2.05, 4.69) is 26.3 Å². The summed E-state index contributed by atoms with van der Waals surface area (Å²) in [5.41, 5.74) is 2.44. The minimum atomic E-state index is 1.02. The Bertz CT molecular complexity index is 402. The van der Waals surface area contributed by atoms with E-state index in [0.717, 1.165) is 23.6 Å². The van der Waals surface area contributed by atoms with Crippen LogP contribution in [0.25, 0.3) is 4.96 Å². The number of nitrogens with zero attached hydrogens (tertiary/aromatic N) is 2. The van der Waals surface area contributed by atoms with Crippen LogP contribution in [0.3, 0.4) is 0 Å². The van der Waals surface area contributed by atoms with Gasteiger partial charge in [-0.1, -0.05) is 0 Å². The van der Waals surface area contributed by atoms with E-state index in [1.54, 1.807) is 11.3 Å². The van der Waals surface area contributed by atoms with Crippen LogP contribution in [0.4, 0.5) is 0 Å². The summed E-state index contributed by atoms with van der Waals surface area (Å²) in [6, 6.07) is 0. The van der Waals surface area contributed by atoms with Gasteiger partial charge in [0.15, 0.2) is 4.96 Å². The molecule has 0 saturated carbocycles. The lowest BCUT2D eigenvalue weighted by Gasteiger charge is -1.97. The van der Waals surface area contributed by atoms with Crippen molar-refractivity contribution in [2.75, 3.05) is 13.6 Å². The van der Waals surface area contributed by atoms with Gasteiger partial charge in [-0.15, -0.1) is 11.3 Å². The first kappa shape index (κ1) is 8.72. The highest BCUT2D eigenvalue weighted by molar-refractivity contribution is 7.15. The van der Waals surface area contributed by atoms with Crippen molar-refractivity contribution in [3.63, 3.8) is 0 Å². The second-order valence-electron chi connectivity index (χ2n) is 3.12. The van der Waals surface area contributed by atoms with Gasteiger partial charge in [-0.2, -0.15) is 0 Å². The zero-order chi connectivity index (χ0) is 9.26. The Labute approximate surface area is 81.4 Å². The summed E-state index contributed by atoms with van der Waals surface area (Å²) in [6.45, 7) is 3.05. The lowest BCUT2D eigenvalue weighted by atomic mass is 10.3. The van der Waals surface area contributed by atoms with E-state index in [4.69, 9.17) is 0 Å². The minimum Gasteiger partial charge on any atom is -0.319 e. The smallest absolute Gasteiger partial charge is 0.194 e. The summed E-state index contributed by atoms with van der Waals surface area (Å²) in [6.07, 6.45) is 3.16. The lowest BCUT2D eigenvalue weighted by molar-refractivity contribution is 0.772. The molecule has 2 aromatic rings. The number of aryl methyl sites for hydroxylation is 1. The van der Waals surface area contributed by atoms with Crippen LogP contribution in [-0.2, 0) is 6.42 Å². The largest absolute Gasteiger partial charge is 0.319 e. The van der Waals surface area contributed by atoms with E-state index in [0.29, 0.717) is 0 Å². The second kappa shape index (κ2) is 3.47. The molecule has 0 spiro atoms. The van der Waals surface area contributed by atoms with Crippen LogP contribution in [0.2, 0.25) is 0 Å². The maximum absolute atomic E-state index is 4.40. The number of hydrogen-bond donors (Lipinski definition) is 1. The van der Waals surface area contributed by atoms with Crippen molar-refractivity contribution in [1.29, 1.82) is 0 Å². The summed E-state index contributed by atoms with van der Waals surface area (Å²) in [7, 11) is 1.97. The first-order valence-corrected chi connectivity index (χ1v) is 5.26. The molecule has 0 amide bonds. The maximum Gasteiger partial charge on any atom is 0.194 e. The van der Waals surface area contributed by atoms with Crippen LogP contribution in [-0.4, -0.2) is 23.0 Å². The summed E-state index contributed by atoms with van der Waals surface area (Å²) in [4.78, 5) is 5.50. The van der Waals surface area contributed by atoms with Crippen molar-refractivity contribution in [2.45, 2.75) is 13.3 Å². The molecule has 0 atom stereocenters. The maximum atomic E-state index is 4.40. The molecular weight excluding hydrogens is 182 g/mol. The molecule has 2 aromatic heterocycles. The van der Waals surface area contributed by atoms with E-state index in [1.165, 1.54) is 5.69 Å². The summed E-state index contributed by atoms with van der Waals surface area (Å²) >= 11 is 1.71. The fourth-order valence-corrected chi connectivity index (χ4v) is 2.33. The zero-order valence-electron chi connectivity index (χ0n) is 7.87. The number of hydrogen-bond acceptors (Lipinski definition) is 3. The van der Waals surface area contributed by atoms with E-state index >= 15 is 0 Å². The Balaban J connectivity index is 2.33. The molecule has 13 heavy (non-hydrogen) atoms. The van der Waals surface area contributed by atoms with E-state index in [1.807, 2.05) is 14.0 Å². The van der Waals surface area contributed by atoms with Gasteiger partial charge in [0, 0.05) is 30.2 Å². The minimum absolute atomic E-state index is 1.02. The molecule has 2 heterocycles. The van der Waals surface area contributed by atoms with Gasteiger partial charge in [0.05, 0.1) is 5.69 Å². The zero-order valence-corrected chi connectivity index (χ0v) is 8.69. The van der Waals surface area contributed by atoms with Gasteiger partial charge in [-0.05, 0) is 14.0 Å². The van der Waals surface area contributed by atoms with Crippen LogP contribution >= 0.6 is 11.3 Å². The predicted molar refractivity (Wildman–Crippen MR) is 55.4 cm³/mol. The first-order chi connectivity index (χ1) is 6.31. The van der Waals surface area contributed by atoms with Gasteiger partial charge in [0.2, 0.25) is 0 Å². The number of nitrogens with one attached hydrogen (secondary N) is 1. The van der Waals surface area contributed by atoms with Crippen LogP contribution in [0.5, 0.6) is 0 Å². The van der Waals surface area contributed by atoms with Crippen LogP contribution in [0.1, 0.15) is 11.4 Å². The number of rotatable bonds is 3. The van der Waals surface area contributed by atoms with Crippen molar-refractivity contribution in [3.05, 3.63) is 23.0 Å². The summed E-state index contributed by atoms with van der Waals surface area (Å²) in [5, 5.41) is 5.33. The van der Waals surface area contributed by atoms with Crippen molar-refractivity contribution in [1.82, 2.24) is 14.7 Å². The van der Waals surface area contributed by atoms with E-state index < -0.39 is 0 Å². The van der Waals surface area contributed by atoms with Gasteiger partial charge in [-0.25, -0.2) is 4.98 Å². The molecule has 0 fully saturated rings. The Morgan fingerprint density at radius 3 is 3.23 bits per heavy atom. The first-order valence-electron chi connectivity index (χ1n) is 4.38. The van der Waals surface area contributed by atoms with Crippen molar-refractivity contribution in [2.24, 2.45) is 0 Å². The molecule has 0 aliphatic heterocycles. The molecule has 0 radical (unpaired) electrons. The molecule has 0 unspecified atom stereocenters. The van der Waals surface area contributed by atoms with Gasteiger partial charge in [-0.3, -0.25) is 4.40 Å². The van der Waals surface area contributed by atoms with Gasteiger partial charge in [0.25, 0.3) is 0 Å². The van der Waals surface area contributed by atoms with Crippen LogP contribution in [0, 0.1) is 6.92 Å². The molecule has 0 saturated heterocycles. The molecule has 70 valence electrons. The number of fused-ring (bicyclic) bond motifs is 1. The Kier molecular flexibility index (Phi) is 2.33. The summed E-state index contributed by atoms with van der Waals surface area (Å²) < 4.78 is 2.18. The molecular formula is C9H13N3S. The lowest BCUT2D eigenvalue weighted by Crippen LogP contribution is -2.11. The number of aromatic nitrogens is 2. The summed E-state index contributed by atoms with van der Waals surface area (Å²) in [5.74, 6) is 0. The molecule has 0 aliphatic rings. The molecule has 1 N–H and O–H groups in total. The number of thiazole rings is 1. The highest BCUT2D eigenvalue weighted by Crippen LogP contribution is 2.16. The molecule has 3 nitrogen and oxygen atoms in total. The third-order valence-corrected chi connectivity index (χ3v) is 2.92. The Hall–Kier alpha value is -0.870. The molecule has 2 rings (SSSR count). The average Bonchev–Trinajstić information content (AvgIpc) is 2.61. The number of likely N-dealkylation sites (N-methyl/N-ethyl adjacent to an activating group) is 1. The van der Waals surface area contributed by atoms with E-state index in [9.17, 15) is 0 Å².